The summed E-state index contributed by atoms with van der Waals surface area (Å²) in [5.41, 5.74) is 6.66. The fourth-order valence-electron chi connectivity index (χ4n) is 3.67. The van der Waals surface area contributed by atoms with E-state index >= 15 is 0 Å². The number of imidazole rings is 1. The predicted octanol–water partition coefficient (Wildman–Crippen LogP) is 5.52. The highest BCUT2D eigenvalue weighted by Gasteiger charge is 2.17. The lowest BCUT2D eigenvalue weighted by molar-refractivity contribution is 0.417. The van der Waals surface area contributed by atoms with Crippen LogP contribution in [0.3, 0.4) is 0 Å². The molecule has 0 aliphatic carbocycles. The van der Waals surface area contributed by atoms with Crippen LogP contribution in [0.15, 0.2) is 85.2 Å². The van der Waals surface area contributed by atoms with E-state index in [9.17, 15) is 0 Å². The molecule has 6 nitrogen and oxygen atoms in total. The van der Waals surface area contributed by atoms with Gasteiger partial charge in [0.05, 0.1) is 18.5 Å². The third kappa shape index (κ3) is 3.59. The van der Waals surface area contributed by atoms with Gasteiger partial charge in [-0.2, -0.15) is 5.10 Å². The summed E-state index contributed by atoms with van der Waals surface area (Å²) >= 11 is 0. The van der Waals surface area contributed by atoms with E-state index in [1.807, 2.05) is 59.1 Å². The number of nitrogens with zero attached hydrogens (tertiary/aromatic N) is 4. The van der Waals surface area contributed by atoms with Gasteiger partial charge in [0.2, 0.25) is 0 Å². The Kier molecular flexibility index (Phi) is 4.80. The second-order valence-corrected chi connectivity index (χ2v) is 7.23. The third-order valence-electron chi connectivity index (χ3n) is 5.09. The number of anilines is 2. The zero-order chi connectivity index (χ0) is 21.2. The van der Waals surface area contributed by atoms with Gasteiger partial charge in [-0.05, 0) is 49.4 Å². The van der Waals surface area contributed by atoms with Crippen molar-refractivity contribution in [3.63, 3.8) is 0 Å². The summed E-state index contributed by atoms with van der Waals surface area (Å²) in [5.74, 6) is 1.47. The first-order valence-corrected chi connectivity index (χ1v) is 10.0. The molecule has 3 heterocycles. The Balaban J connectivity index is 1.64. The topological polar surface area (TPSA) is 64.3 Å². The van der Waals surface area contributed by atoms with Gasteiger partial charge in [0, 0.05) is 23.5 Å². The molecule has 5 aromatic rings. The summed E-state index contributed by atoms with van der Waals surface area (Å²) in [6, 6.07) is 24.0. The molecule has 0 bridgehead atoms. The second-order valence-electron chi connectivity index (χ2n) is 7.23. The van der Waals surface area contributed by atoms with Crippen LogP contribution in [0.2, 0.25) is 0 Å². The van der Waals surface area contributed by atoms with E-state index in [1.54, 1.807) is 19.5 Å². The largest absolute Gasteiger partial charge is 0.495 e. The van der Waals surface area contributed by atoms with Gasteiger partial charge in [0.25, 0.3) is 0 Å². The number of para-hydroxylation sites is 2. The molecule has 0 aliphatic heterocycles. The Bertz CT molecular complexity index is 1380. The van der Waals surface area contributed by atoms with E-state index in [-0.39, 0.29) is 0 Å². The van der Waals surface area contributed by atoms with Gasteiger partial charge in [-0.25, -0.2) is 14.5 Å². The van der Waals surface area contributed by atoms with Crippen molar-refractivity contribution in [1.82, 2.24) is 19.6 Å². The molecule has 0 saturated carbocycles. The Labute approximate surface area is 180 Å². The minimum atomic E-state index is 0.711. The molecule has 0 spiro atoms. The van der Waals surface area contributed by atoms with Gasteiger partial charge in [0.1, 0.15) is 17.3 Å². The molecule has 0 radical (unpaired) electrons. The lowest BCUT2D eigenvalue weighted by atomic mass is 10.0. The lowest BCUT2D eigenvalue weighted by Gasteiger charge is -2.11. The average molecular weight is 407 g/mol. The van der Waals surface area contributed by atoms with Crippen molar-refractivity contribution in [2.24, 2.45) is 0 Å². The minimum absolute atomic E-state index is 0.711. The van der Waals surface area contributed by atoms with Crippen LogP contribution >= 0.6 is 0 Å². The van der Waals surface area contributed by atoms with E-state index in [2.05, 4.69) is 40.5 Å². The standard InChI is InChI=1S/C25H21N5O/c1-17-7-5-8-18(15-17)24-25(30-23(29-24)11-6-13-27-30)19-12-14-26-22(16-19)28-20-9-3-4-10-21(20)31-2/h3-16H,1-2H3,(H,26,28). The normalized spacial score (nSPS) is 10.9. The first kappa shape index (κ1) is 18.8. The number of hydrogen-bond acceptors (Lipinski definition) is 5. The van der Waals surface area contributed by atoms with Crippen molar-refractivity contribution >= 4 is 17.2 Å². The Morgan fingerprint density at radius 2 is 1.77 bits per heavy atom. The zero-order valence-electron chi connectivity index (χ0n) is 17.3. The Morgan fingerprint density at radius 1 is 0.871 bits per heavy atom. The average Bonchev–Trinajstić information content (AvgIpc) is 3.19. The van der Waals surface area contributed by atoms with Crippen LogP contribution in [0.4, 0.5) is 11.5 Å². The zero-order valence-corrected chi connectivity index (χ0v) is 17.3. The molecule has 1 N–H and O–H groups in total. The number of aryl methyl sites for hydroxylation is 1. The van der Waals surface area contributed by atoms with Crippen molar-refractivity contribution in [2.75, 3.05) is 12.4 Å². The maximum Gasteiger partial charge on any atom is 0.154 e. The van der Waals surface area contributed by atoms with E-state index in [1.165, 1.54) is 5.56 Å². The van der Waals surface area contributed by atoms with E-state index < -0.39 is 0 Å². The van der Waals surface area contributed by atoms with Crippen LogP contribution in [0.25, 0.3) is 28.2 Å². The molecule has 0 unspecified atom stereocenters. The smallest absolute Gasteiger partial charge is 0.154 e. The summed E-state index contributed by atoms with van der Waals surface area (Å²) in [5, 5.41) is 7.92. The van der Waals surface area contributed by atoms with Crippen molar-refractivity contribution in [1.29, 1.82) is 0 Å². The molecular weight excluding hydrogens is 386 g/mol. The number of rotatable bonds is 5. The van der Waals surface area contributed by atoms with Gasteiger partial charge >= 0.3 is 0 Å². The fraction of sp³-hybridized carbons (Fsp3) is 0.0800. The van der Waals surface area contributed by atoms with Crippen LogP contribution < -0.4 is 10.1 Å². The highest BCUT2D eigenvalue weighted by Crippen LogP contribution is 2.34. The highest BCUT2D eigenvalue weighted by atomic mass is 16.5. The highest BCUT2D eigenvalue weighted by molar-refractivity contribution is 5.83. The quantitative estimate of drug-likeness (QED) is 0.416. The molecule has 0 aliphatic rings. The summed E-state index contributed by atoms with van der Waals surface area (Å²) in [6.45, 7) is 2.08. The first-order chi connectivity index (χ1) is 15.2. The van der Waals surface area contributed by atoms with Gasteiger partial charge in [-0.15, -0.1) is 0 Å². The van der Waals surface area contributed by atoms with Crippen LogP contribution in [-0.2, 0) is 0 Å². The number of benzene rings is 2. The minimum Gasteiger partial charge on any atom is -0.495 e. The molecule has 3 aromatic heterocycles. The number of pyridine rings is 1. The first-order valence-electron chi connectivity index (χ1n) is 10.0. The van der Waals surface area contributed by atoms with Crippen molar-refractivity contribution in [3.05, 3.63) is 90.8 Å². The summed E-state index contributed by atoms with van der Waals surface area (Å²) in [4.78, 5) is 9.38. The monoisotopic (exact) mass is 407 g/mol. The summed E-state index contributed by atoms with van der Waals surface area (Å²) in [6.07, 6.45) is 3.56. The molecule has 31 heavy (non-hydrogen) atoms. The molecule has 2 aromatic carbocycles. The molecular formula is C25H21N5O. The fourth-order valence-corrected chi connectivity index (χ4v) is 3.67. The van der Waals surface area contributed by atoms with Crippen LogP contribution in [0, 0.1) is 6.92 Å². The van der Waals surface area contributed by atoms with Gasteiger partial charge in [0.15, 0.2) is 5.65 Å². The van der Waals surface area contributed by atoms with E-state index in [4.69, 9.17) is 9.72 Å². The molecule has 6 heteroatoms. The molecule has 152 valence electrons. The molecule has 5 rings (SSSR count). The van der Waals surface area contributed by atoms with Crippen LogP contribution in [0.5, 0.6) is 5.75 Å². The lowest BCUT2D eigenvalue weighted by Crippen LogP contribution is -1.98. The summed E-state index contributed by atoms with van der Waals surface area (Å²) in [7, 11) is 1.66. The van der Waals surface area contributed by atoms with Gasteiger partial charge in [-0.3, -0.25) is 0 Å². The molecule has 0 saturated heterocycles. The Morgan fingerprint density at radius 3 is 2.65 bits per heavy atom. The predicted molar refractivity (Wildman–Crippen MR) is 123 cm³/mol. The van der Waals surface area contributed by atoms with E-state index in [0.717, 1.165) is 39.6 Å². The molecule has 0 amide bonds. The maximum atomic E-state index is 5.45. The van der Waals surface area contributed by atoms with Crippen LogP contribution in [0.1, 0.15) is 5.56 Å². The van der Waals surface area contributed by atoms with E-state index in [0.29, 0.717) is 5.82 Å². The number of hydrogen-bond donors (Lipinski definition) is 1. The molecule has 0 atom stereocenters. The van der Waals surface area contributed by atoms with Crippen molar-refractivity contribution in [3.8, 4) is 28.3 Å². The SMILES string of the molecule is COc1ccccc1Nc1cc(-c2c(-c3cccc(C)c3)nc3cccnn23)ccn1. The second kappa shape index (κ2) is 7.91. The number of ether oxygens (including phenoxy) is 1. The van der Waals surface area contributed by atoms with Crippen molar-refractivity contribution < 1.29 is 4.74 Å². The number of nitrogens with one attached hydrogen (secondary N) is 1. The Hall–Kier alpha value is -4.19. The molecule has 0 fully saturated rings. The van der Waals surface area contributed by atoms with Gasteiger partial charge in [-0.1, -0.05) is 35.9 Å². The third-order valence-corrected chi connectivity index (χ3v) is 5.09. The van der Waals surface area contributed by atoms with Gasteiger partial charge < -0.3 is 10.1 Å². The number of fused-ring (bicyclic) bond motifs is 1. The number of methoxy groups -OCH3 is 1. The van der Waals surface area contributed by atoms with Crippen LogP contribution in [-0.4, -0.2) is 26.7 Å². The summed E-state index contributed by atoms with van der Waals surface area (Å²) < 4.78 is 7.33. The van der Waals surface area contributed by atoms with Crippen molar-refractivity contribution in [2.45, 2.75) is 6.92 Å². The number of aromatic nitrogens is 4. The maximum absolute atomic E-state index is 5.45.